The van der Waals surface area contributed by atoms with E-state index < -0.39 is 11.6 Å². The van der Waals surface area contributed by atoms with E-state index in [1.54, 1.807) is 13.0 Å². The highest BCUT2D eigenvalue weighted by atomic mass is 19.1. The molecule has 0 spiro atoms. The van der Waals surface area contributed by atoms with Crippen LogP contribution in [0, 0.1) is 18.6 Å². The molecule has 1 heterocycles. The molecule has 1 aromatic carbocycles. The Labute approximate surface area is 82.1 Å². The van der Waals surface area contributed by atoms with E-state index >= 15 is 0 Å². The molecule has 1 aliphatic heterocycles. The molecule has 0 aliphatic carbocycles. The van der Waals surface area contributed by atoms with E-state index in [4.69, 9.17) is 0 Å². The largest absolute Gasteiger partial charge is 0.310 e. The molecule has 3 heteroatoms. The number of rotatable bonds is 1. The molecule has 0 aromatic heterocycles. The lowest BCUT2D eigenvalue weighted by molar-refractivity contribution is 0.536. The van der Waals surface area contributed by atoms with Crippen molar-refractivity contribution in [2.75, 3.05) is 6.54 Å². The molecule has 1 saturated heterocycles. The van der Waals surface area contributed by atoms with Crippen LogP contribution in [0.15, 0.2) is 12.1 Å². The van der Waals surface area contributed by atoms with E-state index in [0.29, 0.717) is 11.1 Å². The molecule has 1 nitrogen and oxygen atoms in total. The predicted octanol–water partition coefficient (Wildman–Crippen LogP) is 2.70. The number of aryl methyl sites for hydroxylation is 1. The van der Waals surface area contributed by atoms with Gasteiger partial charge in [-0.25, -0.2) is 8.78 Å². The summed E-state index contributed by atoms with van der Waals surface area (Å²) in [5.41, 5.74) is 1.11. The van der Waals surface area contributed by atoms with Gasteiger partial charge in [0.25, 0.3) is 0 Å². The predicted molar refractivity (Wildman–Crippen MR) is 51.1 cm³/mol. The van der Waals surface area contributed by atoms with Gasteiger partial charge in [0, 0.05) is 17.7 Å². The fourth-order valence-electron chi connectivity index (χ4n) is 1.90. The Bertz CT molecular complexity index is 343. The maximum Gasteiger partial charge on any atom is 0.130 e. The maximum atomic E-state index is 13.4. The van der Waals surface area contributed by atoms with Crippen molar-refractivity contribution in [2.24, 2.45) is 0 Å². The molecule has 14 heavy (non-hydrogen) atoms. The van der Waals surface area contributed by atoms with Gasteiger partial charge in [0.1, 0.15) is 11.6 Å². The van der Waals surface area contributed by atoms with Crippen LogP contribution in [0.3, 0.4) is 0 Å². The molecule has 0 amide bonds. The number of benzene rings is 1. The van der Waals surface area contributed by atoms with Crippen molar-refractivity contribution < 1.29 is 8.78 Å². The zero-order chi connectivity index (χ0) is 10.1. The normalized spacial score (nSPS) is 21.5. The quantitative estimate of drug-likeness (QED) is 0.729. The van der Waals surface area contributed by atoms with Gasteiger partial charge in [-0.05, 0) is 37.9 Å². The molecule has 1 N–H and O–H groups in total. The van der Waals surface area contributed by atoms with Gasteiger partial charge in [-0.2, -0.15) is 0 Å². The third-order valence-electron chi connectivity index (χ3n) is 2.71. The van der Waals surface area contributed by atoms with E-state index in [2.05, 4.69) is 5.32 Å². The van der Waals surface area contributed by atoms with Crippen LogP contribution in [0.4, 0.5) is 8.78 Å². The first-order chi connectivity index (χ1) is 6.68. The number of hydrogen-bond donors (Lipinski definition) is 1. The highest BCUT2D eigenvalue weighted by Gasteiger charge is 2.20. The first-order valence-corrected chi connectivity index (χ1v) is 4.87. The maximum absolute atomic E-state index is 13.4. The minimum absolute atomic E-state index is 0.0642. The fraction of sp³-hybridized carbons (Fsp3) is 0.455. The Kier molecular flexibility index (Phi) is 2.50. The van der Waals surface area contributed by atoms with Crippen LogP contribution in [-0.2, 0) is 0 Å². The van der Waals surface area contributed by atoms with Crippen molar-refractivity contribution in [3.8, 4) is 0 Å². The monoisotopic (exact) mass is 197 g/mol. The second-order valence-corrected chi connectivity index (χ2v) is 3.77. The van der Waals surface area contributed by atoms with Crippen LogP contribution in [0.5, 0.6) is 0 Å². The fourth-order valence-corrected chi connectivity index (χ4v) is 1.90. The third kappa shape index (κ3) is 1.64. The summed E-state index contributed by atoms with van der Waals surface area (Å²) >= 11 is 0. The van der Waals surface area contributed by atoms with E-state index in [0.717, 1.165) is 25.5 Å². The molecule has 1 atom stereocenters. The zero-order valence-electron chi connectivity index (χ0n) is 8.11. The second kappa shape index (κ2) is 3.65. The Morgan fingerprint density at radius 3 is 2.71 bits per heavy atom. The Balaban J connectivity index is 2.37. The summed E-state index contributed by atoms with van der Waals surface area (Å²) in [6.45, 7) is 2.58. The average Bonchev–Trinajstić information content (AvgIpc) is 2.64. The molecule has 2 rings (SSSR count). The molecule has 1 aromatic rings. The van der Waals surface area contributed by atoms with Gasteiger partial charge in [-0.3, -0.25) is 0 Å². The molecule has 1 fully saturated rings. The standard InChI is InChI=1S/C11H13F2N/c1-7-5-8(10(13)6-9(7)12)11-3-2-4-14-11/h5-6,11,14H,2-4H2,1H3. The van der Waals surface area contributed by atoms with Crippen LogP contribution < -0.4 is 5.32 Å². The number of nitrogens with one attached hydrogen (secondary N) is 1. The van der Waals surface area contributed by atoms with Crippen molar-refractivity contribution in [2.45, 2.75) is 25.8 Å². The molecular weight excluding hydrogens is 184 g/mol. The topological polar surface area (TPSA) is 12.0 Å². The highest BCUT2D eigenvalue weighted by Crippen LogP contribution is 2.26. The summed E-state index contributed by atoms with van der Waals surface area (Å²) in [4.78, 5) is 0. The minimum atomic E-state index is -0.468. The van der Waals surface area contributed by atoms with Gasteiger partial charge in [-0.1, -0.05) is 0 Å². The van der Waals surface area contributed by atoms with Crippen LogP contribution in [0.25, 0.3) is 0 Å². The molecule has 0 bridgehead atoms. The first-order valence-electron chi connectivity index (χ1n) is 4.87. The lowest BCUT2D eigenvalue weighted by atomic mass is 10.0. The highest BCUT2D eigenvalue weighted by molar-refractivity contribution is 5.28. The Morgan fingerprint density at radius 2 is 2.07 bits per heavy atom. The average molecular weight is 197 g/mol. The Morgan fingerprint density at radius 1 is 1.29 bits per heavy atom. The van der Waals surface area contributed by atoms with Crippen molar-refractivity contribution in [1.29, 1.82) is 0 Å². The van der Waals surface area contributed by atoms with E-state index in [1.807, 2.05) is 0 Å². The van der Waals surface area contributed by atoms with E-state index in [9.17, 15) is 8.78 Å². The molecular formula is C11H13F2N. The molecule has 76 valence electrons. The van der Waals surface area contributed by atoms with Gasteiger partial charge < -0.3 is 5.32 Å². The summed E-state index contributed by atoms with van der Waals surface area (Å²) in [6.07, 6.45) is 1.99. The summed E-state index contributed by atoms with van der Waals surface area (Å²) in [5.74, 6) is -0.906. The smallest absolute Gasteiger partial charge is 0.130 e. The molecule has 1 unspecified atom stereocenters. The lowest BCUT2D eigenvalue weighted by Crippen LogP contribution is -2.14. The minimum Gasteiger partial charge on any atom is -0.310 e. The summed E-state index contributed by atoms with van der Waals surface area (Å²) in [5, 5.41) is 3.20. The number of hydrogen-bond acceptors (Lipinski definition) is 1. The van der Waals surface area contributed by atoms with E-state index in [-0.39, 0.29) is 6.04 Å². The zero-order valence-corrected chi connectivity index (χ0v) is 8.11. The second-order valence-electron chi connectivity index (χ2n) is 3.77. The van der Waals surface area contributed by atoms with Crippen molar-refractivity contribution in [1.82, 2.24) is 5.32 Å². The van der Waals surface area contributed by atoms with E-state index in [1.165, 1.54) is 0 Å². The Hall–Kier alpha value is -0.960. The molecule has 0 radical (unpaired) electrons. The van der Waals surface area contributed by atoms with Crippen LogP contribution >= 0.6 is 0 Å². The van der Waals surface area contributed by atoms with Crippen LogP contribution in [0.1, 0.15) is 30.0 Å². The summed E-state index contributed by atoms with van der Waals surface area (Å²) in [7, 11) is 0. The van der Waals surface area contributed by atoms with Crippen LogP contribution in [-0.4, -0.2) is 6.54 Å². The SMILES string of the molecule is Cc1cc(C2CCCN2)c(F)cc1F. The lowest BCUT2D eigenvalue weighted by Gasteiger charge is -2.12. The summed E-state index contributed by atoms with van der Waals surface area (Å²) < 4.78 is 26.4. The van der Waals surface area contributed by atoms with Crippen LogP contribution in [0.2, 0.25) is 0 Å². The summed E-state index contributed by atoms with van der Waals surface area (Å²) in [6, 6.07) is 2.65. The molecule has 1 aliphatic rings. The third-order valence-corrected chi connectivity index (χ3v) is 2.71. The van der Waals surface area contributed by atoms with Gasteiger partial charge in [0.05, 0.1) is 0 Å². The van der Waals surface area contributed by atoms with Gasteiger partial charge >= 0.3 is 0 Å². The van der Waals surface area contributed by atoms with Gasteiger partial charge in [-0.15, -0.1) is 0 Å². The van der Waals surface area contributed by atoms with Crippen molar-refractivity contribution in [3.05, 3.63) is 34.9 Å². The number of halogens is 2. The van der Waals surface area contributed by atoms with Crippen molar-refractivity contribution >= 4 is 0 Å². The van der Waals surface area contributed by atoms with Crippen molar-refractivity contribution in [3.63, 3.8) is 0 Å². The first kappa shape index (κ1) is 9.59. The van der Waals surface area contributed by atoms with Gasteiger partial charge in [0.15, 0.2) is 0 Å². The van der Waals surface area contributed by atoms with Gasteiger partial charge in [0.2, 0.25) is 0 Å². The molecule has 0 saturated carbocycles.